The highest BCUT2D eigenvalue weighted by molar-refractivity contribution is 6.31. The summed E-state index contributed by atoms with van der Waals surface area (Å²) in [4.78, 5) is 26.2. The number of benzene rings is 2. The third-order valence-corrected chi connectivity index (χ3v) is 4.91. The molecule has 1 aliphatic rings. The summed E-state index contributed by atoms with van der Waals surface area (Å²) >= 11 is 6.07. The Morgan fingerprint density at radius 3 is 2.68 bits per heavy atom. The topological polar surface area (TPSA) is 88.3 Å². The molecule has 0 radical (unpaired) electrons. The average molecular weight is 397 g/mol. The number of hydrogen-bond donors (Lipinski definition) is 1. The van der Waals surface area contributed by atoms with Crippen LogP contribution in [0.2, 0.25) is 5.02 Å². The van der Waals surface area contributed by atoms with Crippen LogP contribution in [0, 0.1) is 0 Å². The number of aromatic nitrogens is 2. The Bertz CT molecular complexity index is 1010. The van der Waals surface area contributed by atoms with Gasteiger partial charge in [0.2, 0.25) is 17.7 Å². The molecule has 0 aliphatic carbocycles. The molecule has 2 heterocycles. The van der Waals surface area contributed by atoms with Crippen molar-refractivity contribution in [3.8, 4) is 0 Å². The second-order valence-corrected chi connectivity index (χ2v) is 6.91. The van der Waals surface area contributed by atoms with Gasteiger partial charge in [0.15, 0.2) is 0 Å². The first kappa shape index (κ1) is 18.2. The summed E-state index contributed by atoms with van der Waals surface area (Å²) in [6.45, 7) is 0.456. The number of anilines is 2. The van der Waals surface area contributed by atoms with Gasteiger partial charge in [0.05, 0.1) is 12.3 Å². The van der Waals surface area contributed by atoms with E-state index < -0.39 is 0 Å². The maximum absolute atomic E-state index is 12.3. The minimum atomic E-state index is -0.309. The number of nitrogens with one attached hydrogen (secondary N) is 1. The zero-order valence-corrected chi connectivity index (χ0v) is 15.6. The van der Waals surface area contributed by atoms with Crippen LogP contribution in [0.5, 0.6) is 0 Å². The van der Waals surface area contributed by atoms with Gasteiger partial charge in [-0.2, -0.15) is 0 Å². The van der Waals surface area contributed by atoms with E-state index in [0.29, 0.717) is 23.0 Å². The minimum Gasteiger partial charge on any atom is -0.407 e. The van der Waals surface area contributed by atoms with E-state index in [2.05, 4.69) is 15.5 Å². The normalized spacial score (nSPS) is 16.4. The Morgan fingerprint density at radius 1 is 1.14 bits per heavy atom. The van der Waals surface area contributed by atoms with E-state index in [-0.39, 0.29) is 36.6 Å². The number of halogens is 1. The maximum atomic E-state index is 12.3. The van der Waals surface area contributed by atoms with Crippen LogP contribution in [-0.2, 0) is 16.0 Å². The summed E-state index contributed by atoms with van der Waals surface area (Å²) in [5.74, 6) is -0.190. The molecule has 28 heavy (non-hydrogen) atoms. The molecular formula is C20H17ClN4O3. The first-order valence-electron chi connectivity index (χ1n) is 8.82. The highest BCUT2D eigenvalue weighted by atomic mass is 35.5. The number of carbonyl (C=O) groups excluding carboxylic acids is 2. The van der Waals surface area contributed by atoms with Crippen LogP contribution in [-0.4, -0.2) is 28.6 Å². The van der Waals surface area contributed by atoms with Gasteiger partial charge in [0.25, 0.3) is 0 Å². The molecule has 1 fully saturated rings. The van der Waals surface area contributed by atoms with Gasteiger partial charge in [-0.15, -0.1) is 5.10 Å². The van der Waals surface area contributed by atoms with Gasteiger partial charge in [-0.3, -0.25) is 14.9 Å². The number of hydrogen-bond acceptors (Lipinski definition) is 5. The lowest BCUT2D eigenvalue weighted by Gasteiger charge is -2.15. The molecule has 1 N–H and O–H groups in total. The molecule has 1 atom stereocenters. The Kier molecular flexibility index (Phi) is 5.08. The predicted molar refractivity (Wildman–Crippen MR) is 104 cm³/mol. The van der Waals surface area contributed by atoms with Crippen molar-refractivity contribution in [1.82, 2.24) is 10.2 Å². The van der Waals surface area contributed by atoms with E-state index in [1.807, 2.05) is 36.4 Å². The van der Waals surface area contributed by atoms with E-state index in [1.165, 1.54) is 0 Å². The van der Waals surface area contributed by atoms with E-state index in [1.54, 1.807) is 23.1 Å². The Balaban J connectivity index is 1.40. The fourth-order valence-corrected chi connectivity index (χ4v) is 3.36. The molecule has 142 valence electrons. The summed E-state index contributed by atoms with van der Waals surface area (Å²) in [6.07, 6.45) is 0.380. The molecule has 1 aliphatic heterocycles. The van der Waals surface area contributed by atoms with Crippen LogP contribution in [0.1, 0.15) is 23.8 Å². The summed E-state index contributed by atoms with van der Waals surface area (Å²) < 4.78 is 5.57. The summed E-state index contributed by atoms with van der Waals surface area (Å²) in [5.41, 5.74) is 1.55. The molecule has 0 unspecified atom stereocenters. The first-order chi connectivity index (χ1) is 13.6. The van der Waals surface area contributed by atoms with E-state index in [0.717, 1.165) is 5.69 Å². The third-order valence-electron chi connectivity index (χ3n) is 4.54. The van der Waals surface area contributed by atoms with Crippen LogP contribution in [0.3, 0.4) is 0 Å². The average Bonchev–Trinajstić information content (AvgIpc) is 3.31. The lowest BCUT2D eigenvalue weighted by atomic mass is 10.1. The van der Waals surface area contributed by atoms with Crippen LogP contribution in [0.4, 0.5) is 11.7 Å². The fraction of sp³-hybridized carbons (Fsp3) is 0.200. The van der Waals surface area contributed by atoms with Crippen LogP contribution in [0.25, 0.3) is 0 Å². The second kappa shape index (κ2) is 7.82. The molecule has 0 bridgehead atoms. The standard InChI is InChI=1S/C20H17ClN4O3/c21-16-9-5-4-6-13(16)10-17(26)22-20-24-23-19(28-20)14-11-18(27)25(12-14)15-7-2-1-3-8-15/h1-9,14H,10-12H2,(H,22,24,26)/t14-/m0/s1. The molecule has 0 saturated carbocycles. The van der Waals surface area contributed by atoms with Crippen molar-refractivity contribution in [3.05, 3.63) is 71.1 Å². The molecular weight excluding hydrogens is 380 g/mol. The molecule has 2 amide bonds. The van der Waals surface area contributed by atoms with Gasteiger partial charge >= 0.3 is 6.01 Å². The summed E-state index contributed by atoms with van der Waals surface area (Å²) in [6, 6.07) is 16.6. The quantitative estimate of drug-likeness (QED) is 0.713. The van der Waals surface area contributed by atoms with Gasteiger partial charge in [-0.05, 0) is 23.8 Å². The molecule has 2 aromatic carbocycles. The smallest absolute Gasteiger partial charge is 0.322 e. The van der Waals surface area contributed by atoms with E-state index >= 15 is 0 Å². The molecule has 7 nitrogen and oxygen atoms in total. The van der Waals surface area contributed by atoms with Crippen molar-refractivity contribution in [3.63, 3.8) is 0 Å². The number of nitrogens with zero attached hydrogens (tertiary/aromatic N) is 3. The molecule has 8 heteroatoms. The fourth-order valence-electron chi connectivity index (χ4n) is 3.16. The lowest BCUT2D eigenvalue weighted by molar-refractivity contribution is -0.117. The van der Waals surface area contributed by atoms with Crippen LogP contribution < -0.4 is 10.2 Å². The maximum Gasteiger partial charge on any atom is 0.322 e. The Labute approximate surface area is 166 Å². The SMILES string of the molecule is O=C(Cc1ccccc1Cl)Nc1nnc([C@H]2CC(=O)N(c3ccccc3)C2)o1. The minimum absolute atomic E-state index is 0.00120. The Morgan fingerprint density at radius 2 is 1.89 bits per heavy atom. The van der Waals surface area contributed by atoms with Crippen molar-refractivity contribution in [2.75, 3.05) is 16.8 Å². The van der Waals surface area contributed by atoms with Gasteiger partial charge < -0.3 is 9.32 Å². The number of carbonyl (C=O) groups is 2. The van der Waals surface area contributed by atoms with E-state index in [4.69, 9.17) is 16.0 Å². The van der Waals surface area contributed by atoms with Gasteiger partial charge in [0, 0.05) is 23.7 Å². The molecule has 1 saturated heterocycles. The lowest BCUT2D eigenvalue weighted by Crippen LogP contribution is -2.24. The third kappa shape index (κ3) is 3.89. The van der Waals surface area contributed by atoms with Crippen molar-refractivity contribution >= 4 is 35.1 Å². The molecule has 1 aromatic heterocycles. The van der Waals surface area contributed by atoms with Gasteiger partial charge in [-0.1, -0.05) is 53.1 Å². The summed E-state index contributed by atoms with van der Waals surface area (Å²) in [7, 11) is 0. The zero-order valence-electron chi connectivity index (χ0n) is 14.8. The molecule has 3 aromatic rings. The molecule has 0 spiro atoms. The first-order valence-corrected chi connectivity index (χ1v) is 9.20. The van der Waals surface area contributed by atoms with E-state index in [9.17, 15) is 9.59 Å². The summed E-state index contributed by atoms with van der Waals surface area (Å²) in [5, 5.41) is 11.0. The zero-order chi connectivity index (χ0) is 19.5. The highest BCUT2D eigenvalue weighted by Gasteiger charge is 2.35. The number of amides is 2. The predicted octanol–water partition coefficient (Wildman–Crippen LogP) is 3.42. The van der Waals surface area contributed by atoms with Gasteiger partial charge in [-0.25, -0.2) is 0 Å². The molecule has 4 rings (SSSR count). The van der Waals surface area contributed by atoms with Crippen LogP contribution >= 0.6 is 11.6 Å². The second-order valence-electron chi connectivity index (χ2n) is 6.50. The van der Waals surface area contributed by atoms with Crippen molar-refractivity contribution in [2.24, 2.45) is 0 Å². The highest BCUT2D eigenvalue weighted by Crippen LogP contribution is 2.31. The van der Waals surface area contributed by atoms with Crippen molar-refractivity contribution in [1.29, 1.82) is 0 Å². The van der Waals surface area contributed by atoms with Crippen LogP contribution in [0.15, 0.2) is 59.0 Å². The van der Waals surface area contributed by atoms with Crippen molar-refractivity contribution in [2.45, 2.75) is 18.8 Å². The van der Waals surface area contributed by atoms with Crippen molar-refractivity contribution < 1.29 is 14.0 Å². The number of rotatable bonds is 5. The largest absolute Gasteiger partial charge is 0.407 e. The Hall–Kier alpha value is -3.19. The number of para-hydroxylation sites is 1. The van der Waals surface area contributed by atoms with Gasteiger partial charge in [0.1, 0.15) is 0 Å². The monoisotopic (exact) mass is 396 g/mol.